The zero-order chi connectivity index (χ0) is 11.3. The Morgan fingerprint density at radius 2 is 1.93 bits per heavy atom. The van der Waals surface area contributed by atoms with Gasteiger partial charge in [0.2, 0.25) is 0 Å². The van der Waals surface area contributed by atoms with E-state index in [1.807, 2.05) is 0 Å². The largest absolute Gasteiger partial charge is 0.478 e. The summed E-state index contributed by atoms with van der Waals surface area (Å²) in [4.78, 5) is 11.1. The molecule has 1 aliphatic carbocycles. The smallest absolute Gasteiger partial charge is 0.331 e. The third kappa shape index (κ3) is 2.83. The van der Waals surface area contributed by atoms with Crippen molar-refractivity contribution in [2.24, 2.45) is 5.41 Å². The summed E-state index contributed by atoms with van der Waals surface area (Å²) in [7, 11) is 0. The van der Waals surface area contributed by atoms with Gasteiger partial charge >= 0.3 is 5.97 Å². The number of hydrogen-bond acceptors (Lipinski definition) is 1. The molecule has 0 aromatic carbocycles. The maximum absolute atomic E-state index is 11.1. The van der Waals surface area contributed by atoms with Crippen molar-refractivity contribution in [2.45, 2.75) is 58.3 Å². The van der Waals surface area contributed by atoms with Gasteiger partial charge in [-0.25, -0.2) is 4.79 Å². The van der Waals surface area contributed by atoms with Crippen molar-refractivity contribution >= 4 is 5.97 Å². The van der Waals surface area contributed by atoms with Gasteiger partial charge < -0.3 is 5.11 Å². The predicted molar refractivity (Wildman–Crippen MR) is 61.8 cm³/mol. The molecule has 0 bridgehead atoms. The van der Waals surface area contributed by atoms with Gasteiger partial charge in [-0.05, 0) is 19.3 Å². The highest BCUT2D eigenvalue weighted by molar-refractivity contribution is 5.87. The maximum atomic E-state index is 11.1. The van der Waals surface area contributed by atoms with Crippen LogP contribution in [0.1, 0.15) is 58.3 Å². The molecule has 2 heteroatoms. The van der Waals surface area contributed by atoms with Crippen LogP contribution in [0, 0.1) is 5.41 Å². The lowest BCUT2D eigenvalue weighted by Gasteiger charge is -2.37. The minimum atomic E-state index is -0.798. The van der Waals surface area contributed by atoms with E-state index >= 15 is 0 Å². The van der Waals surface area contributed by atoms with Crippen LogP contribution >= 0.6 is 0 Å². The number of carboxylic acids is 1. The summed E-state index contributed by atoms with van der Waals surface area (Å²) < 4.78 is 0. The van der Waals surface area contributed by atoms with Crippen molar-refractivity contribution in [3.8, 4) is 0 Å². The molecule has 0 amide bonds. The fourth-order valence-electron chi connectivity index (χ4n) is 2.67. The first kappa shape index (κ1) is 12.3. The monoisotopic (exact) mass is 210 g/mol. The molecule has 1 saturated carbocycles. The van der Waals surface area contributed by atoms with E-state index in [0.717, 1.165) is 44.9 Å². The number of aliphatic carboxylic acids is 1. The van der Waals surface area contributed by atoms with E-state index in [1.165, 1.54) is 6.42 Å². The molecular weight excluding hydrogens is 188 g/mol. The fourth-order valence-corrected chi connectivity index (χ4v) is 2.67. The quantitative estimate of drug-likeness (QED) is 0.701. The molecule has 0 saturated heterocycles. The highest BCUT2D eigenvalue weighted by Gasteiger charge is 2.37. The molecule has 86 valence electrons. The van der Waals surface area contributed by atoms with Crippen LogP contribution in [0.5, 0.6) is 0 Å². The van der Waals surface area contributed by atoms with Crippen molar-refractivity contribution in [1.82, 2.24) is 0 Å². The Labute approximate surface area is 92.4 Å². The van der Waals surface area contributed by atoms with Crippen LogP contribution in [0.4, 0.5) is 0 Å². The summed E-state index contributed by atoms with van der Waals surface area (Å²) in [5, 5.41) is 9.10. The van der Waals surface area contributed by atoms with Gasteiger partial charge in [0.25, 0.3) is 0 Å². The lowest BCUT2D eigenvalue weighted by atomic mass is 9.66. The van der Waals surface area contributed by atoms with Gasteiger partial charge in [0.05, 0.1) is 0 Å². The van der Waals surface area contributed by atoms with Gasteiger partial charge in [0.15, 0.2) is 0 Å². The van der Waals surface area contributed by atoms with Crippen molar-refractivity contribution in [3.05, 3.63) is 12.2 Å². The number of carbonyl (C=O) groups is 1. The van der Waals surface area contributed by atoms with E-state index in [0.29, 0.717) is 5.57 Å². The molecule has 0 heterocycles. The summed E-state index contributed by atoms with van der Waals surface area (Å²) in [6.07, 6.45) is 8.89. The normalized spacial score (nSPS) is 19.8. The first-order valence-electron chi connectivity index (χ1n) is 6.05. The molecule has 15 heavy (non-hydrogen) atoms. The standard InChI is InChI=1S/C13H22O2/c1-3-4-8-13(11(2)12(14)15)9-6-5-7-10-13/h2-10H2,1H3,(H,14,15). The number of unbranched alkanes of at least 4 members (excludes halogenated alkanes) is 1. The van der Waals surface area contributed by atoms with Crippen LogP contribution < -0.4 is 0 Å². The van der Waals surface area contributed by atoms with Crippen molar-refractivity contribution < 1.29 is 9.90 Å². The zero-order valence-corrected chi connectivity index (χ0v) is 9.72. The van der Waals surface area contributed by atoms with E-state index < -0.39 is 5.97 Å². The molecule has 1 fully saturated rings. The zero-order valence-electron chi connectivity index (χ0n) is 9.72. The third-order valence-corrected chi connectivity index (χ3v) is 3.72. The minimum absolute atomic E-state index is 0.0832. The Hall–Kier alpha value is -0.790. The molecule has 1 aliphatic rings. The first-order valence-corrected chi connectivity index (χ1v) is 6.05. The Balaban J connectivity index is 2.74. The lowest BCUT2D eigenvalue weighted by molar-refractivity contribution is -0.134. The van der Waals surface area contributed by atoms with Gasteiger partial charge in [-0.2, -0.15) is 0 Å². The van der Waals surface area contributed by atoms with Crippen LogP contribution in [0.15, 0.2) is 12.2 Å². The molecule has 0 atom stereocenters. The van der Waals surface area contributed by atoms with E-state index in [9.17, 15) is 4.79 Å². The van der Waals surface area contributed by atoms with E-state index in [2.05, 4.69) is 13.5 Å². The summed E-state index contributed by atoms with van der Waals surface area (Å²) >= 11 is 0. The van der Waals surface area contributed by atoms with E-state index in [1.54, 1.807) is 0 Å². The maximum Gasteiger partial charge on any atom is 0.331 e. The average molecular weight is 210 g/mol. The van der Waals surface area contributed by atoms with Gasteiger partial charge in [-0.1, -0.05) is 45.6 Å². The van der Waals surface area contributed by atoms with Crippen LogP contribution in [0.25, 0.3) is 0 Å². The number of rotatable bonds is 5. The molecule has 0 unspecified atom stereocenters. The second-order valence-corrected chi connectivity index (χ2v) is 4.73. The summed E-state index contributed by atoms with van der Waals surface area (Å²) in [6, 6.07) is 0. The molecule has 0 aliphatic heterocycles. The Morgan fingerprint density at radius 3 is 2.40 bits per heavy atom. The molecule has 0 radical (unpaired) electrons. The molecule has 0 aromatic rings. The molecule has 0 aromatic heterocycles. The molecule has 1 N–H and O–H groups in total. The summed E-state index contributed by atoms with van der Waals surface area (Å²) in [5.74, 6) is -0.798. The second-order valence-electron chi connectivity index (χ2n) is 4.73. The van der Waals surface area contributed by atoms with Crippen LogP contribution in [-0.2, 0) is 4.79 Å². The van der Waals surface area contributed by atoms with Crippen molar-refractivity contribution in [3.63, 3.8) is 0 Å². The first-order chi connectivity index (χ1) is 7.12. The van der Waals surface area contributed by atoms with Crippen LogP contribution in [0.3, 0.4) is 0 Å². The number of hydrogen-bond donors (Lipinski definition) is 1. The SMILES string of the molecule is C=C(C(=O)O)C1(CCCC)CCCCC1. The van der Waals surface area contributed by atoms with Gasteiger partial charge in [0, 0.05) is 11.0 Å². The Kier molecular flexibility index (Phi) is 4.37. The van der Waals surface area contributed by atoms with Crippen LogP contribution in [-0.4, -0.2) is 11.1 Å². The highest BCUT2D eigenvalue weighted by atomic mass is 16.4. The Bertz CT molecular complexity index is 237. The molecule has 2 nitrogen and oxygen atoms in total. The van der Waals surface area contributed by atoms with Crippen molar-refractivity contribution in [1.29, 1.82) is 0 Å². The number of carboxylic acid groups (broad SMARTS) is 1. The third-order valence-electron chi connectivity index (χ3n) is 3.72. The molecule has 0 spiro atoms. The summed E-state index contributed by atoms with van der Waals surface area (Å²) in [6.45, 7) is 5.96. The van der Waals surface area contributed by atoms with Gasteiger partial charge in [-0.3, -0.25) is 0 Å². The van der Waals surface area contributed by atoms with Crippen molar-refractivity contribution in [2.75, 3.05) is 0 Å². The van der Waals surface area contributed by atoms with Gasteiger partial charge in [0.1, 0.15) is 0 Å². The predicted octanol–water partition coefficient (Wildman–Crippen LogP) is 3.77. The Morgan fingerprint density at radius 1 is 1.33 bits per heavy atom. The topological polar surface area (TPSA) is 37.3 Å². The second kappa shape index (κ2) is 5.34. The minimum Gasteiger partial charge on any atom is -0.478 e. The van der Waals surface area contributed by atoms with E-state index in [-0.39, 0.29) is 5.41 Å². The lowest BCUT2D eigenvalue weighted by Crippen LogP contribution is -2.29. The average Bonchev–Trinajstić information content (AvgIpc) is 2.26. The molecular formula is C13H22O2. The van der Waals surface area contributed by atoms with E-state index in [4.69, 9.17) is 5.11 Å². The highest BCUT2D eigenvalue weighted by Crippen LogP contribution is 2.45. The van der Waals surface area contributed by atoms with Gasteiger partial charge in [-0.15, -0.1) is 0 Å². The van der Waals surface area contributed by atoms with Crippen LogP contribution in [0.2, 0.25) is 0 Å². The summed E-state index contributed by atoms with van der Waals surface area (Å²) in [5.41, 5.74) is 0.371. The fraction of sp³-hybridized carbons (Fsp3) is 0.769. The molecule has 1 rings (SSSR count).